The van der Waals surface area contributed by atoms with Crippen molar-refractivity contribution in [2.24, 2.45) is 13.0 Å². The van der Waals surface area contributed by atoms with E-state index in [1.165, 1.54) is 23.9 Å². The van der Waals surface area contributed by atoms with E-state index in [0.717, 1.165) is 16.0 Å². The van der Waals surface area contributed by atoms with Crippen LogP contribution in [0.2, 0.25) is 0 Å². The normalized spacial score (nSPS) is 20.8. The summed E-state index contributed by atoms with van der Waals surface area (Å²) < 4.78 is 12.8. The highest BCUT2D eigenvalue weighted by atomic mass is 32.2. The molecule has 32 heavy (non-hydrogen) atoms. The average Bonchev–Trinajstić information content (AvgIpc) is 3.47. The number of hydrogen-bond donors (Lipinski definition) is 0. The van der Waals surface area contributed by atoms with Crippen LogP contribution < -0.4 is 0 Å². The Bertz CT molecular complexity index is 981. The predicted molar refractivity (Wildman–Crippen MR) is 114 cm³/mol. The van der Waals surface area contributed by atoms with Gasteiger partial charge in [0, 0.05) is 26.6 Å². The van der Waals surface area contributed by atoms with E-state index in [2.05, 4.69) is 21.7 Å². The van der Waals surface area contributed by atoms with Crippen LogP contribution in [-0.4, -0.2) is 68.9 Å². The minimum absolute atomic E-state index is 0.102. The molecule has 0 N–H and O–H groups in total. The van der Waals surface area contributed by atoms with E-state index in [-0.39, 0.29) is 24.9 Å². The summed E-state index contributed by atoms with van der Waals surface area (Å²) in [7, 11) is 3.24. The smallest absolute Gasteiger partial charge is 0.311 e. The fraction of sp³-hybridized carbons (Fsp3) is 0.524. The van der Waals surface area contributed by atoms with Gasteiger partial charge in [-0.3, -0.25) is 19.3 Å². The summed E-state index contributed by atoms with van der Waals surface area (Å²) in [5.74, 6) is -0.248. The molecule has 0 saturated carbocycles. The van der Waals surface area contributed by atoms with Gasteiger partial charge in [-0.05, 0) is 36.7 Å². The number of aromatic nitrogens is 3. The van der Waals surface area contributed by atoms with Gasteiger partial charge in [0.2, 0.25) is 5.91 Å². The van der Waals surface area contributed by atoms with Crippen molar-refractivity contribution in [2.45, 2.75) is 41.6 Å². The van der Waals surface area contributed by atoms with E-state index < -0.39 is 11.5 Å². The monoisotopic (exact) mass is 461 g/mol. The Morgan fingerprint density at radius 2 is 2.19 bits per heavy atom. The molecule has 4 rings (SSSR count). The first kappa shape index (κ1) is 22.6. The zero-order valence-electron chi connectivity index (χ0n) is 18.2. The Labute approximate surface area is 190 Å². The summed E-state index contributed by atoms with van der Waals surface area (Å²) in [6, 6.07) is 3.88. The molecule has 0 bridgehead atoms. The third kappa shape index (κ3) is 4.32. The van der Waals surface area contributed by atoms with Crippen molar-refractivity contribution < 1.29 is 23.6 Å². The molecule has 2 aromatic rings. The molecule has 2 aliphatic rings. The Kier molecular flexibility index (Phi) is 6.68. The fourth-order valence-electron chi connectivity index (χ4n) is 4.43. The maximum absolute atomic E-state index is 12.6. The molecule has 4 heterocycles. The summed E-state index contributed by atoms with van der Waals surface area (Å²) in [6.07, 6.45) is 4.56. The van der Waals surface area contributed by atoms with E-state index >= 15 is 0 Å². The number of methoxy groups -OCH3 is 1. The number of hydroxylamine groups is 2. The number of amides is 1. The quantitative estimate of drug-likeness (QED) is 0.431. The Morgan fingerprint density at radius 3 is 2.84 bits per heavy atom. The second-order valence-corrected chi connectivity index (χ2v) is 8.95. The van der Waals surface area contributed by atoms with Crippen molar-refractivity contribution >= 4 is 23.6 Å². The maximum atomic E-state index is 12.6. The first-order valence-electron chi connectivity index (χ1n) is 10.4. The van der Waals surface area contributed by atoms with Gasteiger partial charge in [-0.1, -0.05) is 6.08 Å². The van der Waals surface area contributed by atoms with Crippen molar-refractivity contribution in [1.82, 2.24) is 24.7 Å². The zero-order valence-corrected chi connectivity index (χ0v) is 19.0. The lowest BCUT2D eigenvalue weighted by molar-refractivity contribution is -0.218. The van der Waals surface area contributed by atoms with Gasteiger partial charge in [0.15, 0.2) is 10.2 Å². The topological polar surface area (TPSA) is 103 Å². The molecular weight excluding hydrogens is 434 g/mol. The Morgan fingerprint density at radius 1 is 1.41 bits per heavy atom. The highest BCUT2D eigenvalue weighted by Gasteiger charge is 2.58. The van der Waals surface area contributed by atoms with E-state index in [9.17, 15) is 9.59 Å². The van der Waals surface area contributed by atoms with Crippen LogP contribution in [0.4, 0.5) is 0 Å². The molecule has 0 aromatic carbocycles. The molecule has 2 aliphatic heterocycles. The van der Waals surface area contributed by atoms with E-state index in [1.807, 2.05) is 23.7 Å². The summed E-state index contributed by atoms with van der Waals surface area (Å²) in [5.41, 5.74) is -0.695. The highest BCUT2D eigenvalue weighted by molar-refractivity contribution is 7.99. The summed E-state index contributed by atoms with van der Waals surface area (Å²) in [5, 5.41) is 10.8. The first-order valence-corrected chi connectivity index (χ1v) is 11.3. The molecule has 0 radical (unpaired) electrons. The molecule has 1 atom stereocenters. The van der Waals surface area contributed by atoms with Gasteiger partial charge in [-0.15, -0.1) is 16.8 Å². The SMILES string of the molecule is C=CCON1C(=O)CC(C(=O)OC)C12CCN(Cc1ccc(Sc3nncn3C)o1)CC2. The van der Waals surface area contributed by atoms with Crippen molar-refractivity contribution in [3.05, 3.63) is 36.9 Å². The van der Waals surface area contributed by atoms with Crippen LogP contribution in [0.5, 0.6) is 0 Å². The minimum Gasteiger partial charge on any atom is -0.469 e. The Balaban J connectivity index is 1.41. The molecule has 1 amide bonds. The van der Waals surface area contributed by atoms with Gasteiger partial charge < -0.3 is 13.7 Å². The standard InChI is InChI=1S/C21H27N5O5S/c1-4-11-30-26-17(27)12-16(19(28)29-3)21(26)7-9-25(10-8-21)13-15-5-6-18(31-15)32-20-23-22-14-24(20)2/h4-6,14,16H,1,7-13H2,2-3H3. The number of nitrogens with zero attached hydrogens (tertiary/aromatic N) is 5. The van der Waals surface area contributed by atoms with Crippen LogP contribution in [-0.2, 0) is 32.8 Å². The van der Waals surface area contributed by atoms with Crippen LogP contribution in [0.25, 0.3) is 0 Å². The van der Waals surface area contributed by atoms with Gasteiger partial charge in [-0.25, -0.2) is 5.06 Å². The molecular formula is C21H27N5O5S. The van der Waals surface area contributed by atoms with Gasteiger partial charge in [0.05, 0.1) is 31.7 Å². The molecule has 11 heteroatoms. The molecule has 1 unspecified atom stereocenters. The predicted octanol–water partition coefficient (Wildman–Crippen LogP) is 2.03. The number of furan rings is 1. The maximum Gasteiger partial charge on any atom is 0.311 e. The van der Waals surface area contributed by atoms with Crippen molar-refractivity contribution in [3.8, 4) is 0 Å². The second kappa shape index (κ2) is 9.47. The number of carbonyl (C=O) groups excluding carboxylic acids is 2. The summed E-state index contributed by atoms with van der Waals surface area (Å²) >= 11 is 1.42. The van der Waals surface area contributed by atoms with E-state index in [1.54, 1.807) is 12.4 Å². The van der Waals surface area contributed by atoms with E-state index in [4.69, 9.17) is 14.0 Å². The van der Waals surface area contributed by atoms with Crippen molar-refractivity contribution in [2.75, 3.05) is 26.8 Å². The highest BCUT2D eigenvalue weighted by Crippen LogP contribution is 2.44. The lowest BCUT2D eigenvalue weighted by Gasteiger charge is -2.45. The molecule has 10 nitrogen and oxygen atoms in total. The number of ether oxygens (including phenoxy) is 1. The van der Waals surface area contributed by atoms with E-state index in [0.29, 0.717) is 32.5 Å². The van der Waals surface area contributed by atoms with Gasteiger partial charge >= 0.3 is 5.97 Å². The summed E-state index contributed by atoms with van der Waals surface area (Å²) in [6.45, 7) is 5.90. The molecule has 172 valence electrons. The molecule has 1 spiro atoms. The number of piperidine rings is 1. The molecule has 2 saturated heterocycles. The number of carbonyl (C=O) groups is 2. The van der Waals surface area contributed by atoms with Gasteiger partial charge in [0.1, 0.15) is 12.1 Å². The van der Waals surface area contributed by atoms with Crippen LogP contribution >= 0.6 is 11.8 Å². The number of hydrogen-bond acceptors (Lipinski definition) is 9. The number of likely N-dealkylation sites (tertiary alicyclic amines) is 1. The number of aryl methyl sites for hydroxylation is 1. The van der Waals surface area contributed by atoms with Gasteiger partial charge in [-0.2, -0.15) is 0 Å². The number of rotatable bonds is 8. The van der Waals surface area contributed by atoms with Gasteiger partial charge in [0.25, 0.3) is 0 Å². The number of esters is 1. The first-order chi connectivity index (χ1) is 15.5. The fourth-order valence-corrected chi connectivity index (χ4v) is 5.18. The lowest BCUT2D eigenvalue weighted by atomic mass is 9.77. The molecule has 2 fully saturated rings. The lowest BCUT2D eigenvalue weighted by Crippen LogP contribution is -2.57. The average molecular weight is 462 g/mol. The van der Waals surface area contributed by atoms with Crippen LogP contribution in [0.3, 0.4) is 0 Å². The van der Waals surface area contributed by atoms with Crippen LogP contribution in [0, 0.1) is 5.92 Å². The third-order valence-corrected chi connectivity index (χ3v) is 7.04. The minimum atomic E-state index is -0.695. The van der Waals surface area contributed by atoms with Crippen molar-refractivity contribution in [1.29, 1.82) is 0 Å². The molecule has 2 aromatic heterocycles. The van der Waals surface area contributed by atoms with Crippen molar-refractivity contribution in [3.63, 3.8) is 0 Å². The third-order valence-electron chi connectivity index (χ3n) is 6.07. The zero-order chi connectivity index (χ0) is 22.7. The van der Waals surface area contributed by atoms with Crippen LogP contribution in [0.15, 0.2) is 45.8 Å². The van der Waals surface area contributed by atoms with Crippen LogP contribution in [0.1, 0.15) is 25.0 Å². The second-order valence-electron chi connectivity index (χ2n) is 7.98. The molecule has 0 aliphatic carbocycles. The Hall–Kier alpha value is -2.63. The largest absolute Gasteiger partial charge is 0.469 e. The summed E-state index contributed by atoms with van der Waals surface area (Å²) in [4.78, 5) is 33.1.